The monoisotopic (exact) mass is 258 g/mol. The maximum atomic E-state index is 12.1. The van der Waals surface area contributed by atoms with Crippen LogP contribution in [-0.2, 0) is 12.8 Å². The van der Waals surface area contributed by atoms with Gasteiger partial charge in [-0.1, -0.05) is 6.07 Å². The first-order valence-electron chi connectivity index (χ1n) is 6.17. The molecule has 0 saturated carbocycles. The Balaban J connectivity index is 1.78. The number of carbonyl (C=O) groups excluding carboxylic acids is 1. The minimum Gasteiger partial charge on any atom is -0.306 e. The van der Waals surface area contributed by atoms with Crippen LogP contribution in [0.5, 0.6) is 0 Å². The third-order valence-electron chi connectivity index (χ3n) is 3.13. The van der Waals surface area contributed by atoms with Crippen LogP contribution in [0.1, 0.15) is 33.0 Å². The molecular formula is C14H14N2OS. The summed E-state index contributed by atoms with van der Waals surface area (Å²) in [6.07, 6.45) is 6.40. The Bertz CT molecular complexity index is 539. The third kappa shape index (κ3) is 2.29. The lowest BCUT2D eigenvalue weighted by molar-refractivity contribution is 0.103. The number of amides is 1. The molecule has 1 amide bonds. The molecule has 2 aromatic rings. The second kappa shape index (κ2) is 4.90. The molecule has 0 aliphatic heterocycles. The summed E-state index contributed by atoms with van der Waals surface area (Å²) in [6, 6.07) is 7.53. The van der Waals surface area contributed by atoms with Gasteiger partial charge in [0.25, 0.3) is 5.91 Å². The normalized spacial score (nSPS) is 14.0. The van der Waals surface area contributed by atoms with E-state index in [1.54, 1.807) is 23.6 Å². The van der Waals surface area contributed by atoms with Crippen LogP contribution in [-0.4, -0.2) is 10.9 Å². The number of aromatic nitrogens is 1. The Morgan fingerprint density at radius 2 is 2.17 bits per heavy atom. The average Bonchev–Trinajstić information content (AvgIpc) is 2.84. The number of hydrogen-bond donors (Lipinski definition) is 1. The number of thiophene rings is 1. The number of aryl methyl sites for hydroxylation is 2. The van der Waals surface area contributed by atoms with E-state index in [0.717, 1.165) is 17.7 Å². The Labute approximate surface area is 110 Å². The SMILES string of the molecule is O=C(Nc1ccccn1)c1cc2c(s1)CCCC2. The van der Waals surface area contributed by atoms with Crippen molar-refractivity contribution < 1.29 is 4.79 Å². The van der Waals surface area contributed by atoms with Crippen molar-refractivity contribution in [2.75, 3.05) is 5.32 Å². The van der Waals surface area contributed by atoms with Crippen molar-refractivity contribution in [2.45, 2.75) is 25.7 Å². The van der Waals surface area contributed by atoms with Gasteiger partial charge in [0, 0.05) is 11.1 Å². The summed E-state index contributed by atoms with van der Waals surface area (Å²) in [5.41, 5.74) is 1.36. The summed E-state index contributed by atoms with van der Waals surface area (Å²) in [5.74, 6) is 0.557. The Hall–Kier alpha value is -1.68. The van der Waals surface area contributed by atoms with Crippen LogP contribution in [0, 0.1) is 0 Å². The fraction of sp³-hybridized carbons (Fsp3) is 0.286. The van der Waals surface area contributed by atoms with E-state index < -0.39 is 0 Å². The molecule has 0 atom stereocenters. The smallest absolute Gasteiger partial charge is 0.266 e. The van der Waals surface area contributed by atoms with Gasteiger partial charge >= 0.3 is 0 Å². The largest absolute Gasteiger partial charge is 0.306 e. The molecule has 0 radical (unpaired) electrons. The van der Waals surface area contributed by atoms with Gasteiger partial charge in [-0.25, -0.2) is 4.98 Å². The predicted octanol–water partition coefficient (Wildman–Crippen LogP) is 3.27. The van der Waals surface area contributed by atoms with E-state index in [9.17, 15) is 4.79 Å². The molecule has 18 heavy (non-hydrogen) atoms. The quantitative estimate of drug-likeness (QED) is 0.898. The van der Waals surface area contributed by atoms with E-state index in [-0.39, 0.29) is 5.91 Å². The van der Waals surface area contributed by atoms with Gasteiger partial charge in [0.05, 0.1) is 4.88 Å². The Morgan fingerprint density at radius 1 is 1.28 bits per heavy atom. The van der Waals surface area contributed by atoms with Gasteiger partial charge in [-0.05, 0) is 49.4 Å². The van der Waals surface area contributed by atoms with Crippen molar-refractivity contribution >= 4 is 23.1 Å². The van der Waals surface area contributed by atoms with E-state index >= 15 is 0 Å². The molecule has 92 valence electrons. The number of carbonyl (C=O) groups is 1. The van der Waals surface area contributed by atoms with Crippen LogP contribution < -0.4 is 5.32 Å². The number of pyridine rings is 1. The molecule has 3 rings (SSSR count). The number of anilines is 1. The Kier molecular flexibility index (Phi) is 3.11. The molecule has 2 heterocycles. The summed E-state index contributed by atoms with van der Waals surface area (Å²) in [5, 5.41) is 2.83. The molecule has 4 heteroatoms. The van der Waals surface area contributed by atoms with E-state index in [1.165, 1.54) is 23.3 Å². The van der Waals surface area contributed by atoms with Crippen molar-refractivity contribution in [3.05, 3.63) is 45.8 Å². The van der Waals surface area contributed by atoms with Gasteiger partial charge < -0.3 is 5.32 Å². The average molecular weight is 258 g/mol. The van der Waals surface area contributed by atoms with Gasteiger partial charge in [-0.3, -0.25) is 4.79 Å². The zero-order valence-electron chi connectivity index (χ0n) is 9.98. The zero-order valence-corrected chi connectivity index (χ0v) is 10.8. The lowest BCUT2D eigenvalue weighted by Crippen LogP contribution is -2.11. The molecule has 0 unspecified atom stereocenters. The van der Waals surface area contributed by atoms with Crippen molar-refractivity contribution in [3.8, 4) is 0 Å². The lowest BCUT2D eigenvalue weighted by atomic mass is 9.99. The fourth-order valence-corrected chi connectivity index (χ4v) is 3.37. The molecule has 0 saturated heterocycles. The topological polar surface area (TPSA) is 42.0 Å². The van der Waals surface area contributed by atoms with E-state index in [2.05, 4.69) is 10.3 Å². The first kappa shape index (κ1) is 11.4. The highest BCUT2D eigenvalue weighted by Crippen LogP contribution is 2.29. The molecule has 1 aliphatic rings. The minimum absolute atomic E-state index is 0.0481. The van der Waals surface area contributed by atoms with Crippen molar-refractivity contribution in [1.29, 1.82) is 0 Å². The summed E-state index contributed by atoms with van der Waals surface area (Å²) in [6.45, 7) is 0. The third-order valence-corrected chi connectivity index (χ3v) is 4.36. The van der Waals surface area contributed by atoms with Gasteiger partial charge in [-0.15, -0.1) is 11.3 Å². The molecule has 0 aromatic carbocycles. The molecule has 0 fully saturated rings. The van der Waals surface area contributed by atoms with Gasteiger partial charge in [0.15, 0.2) is 0 Å². The summed E-state index contributed by atoms with van der Waals surface area (Å²) < 4.78 is 0. The standard InChI is InChI=1S/C14H14N2OS/c17-14(16-13-7-3-4-8-15-13)12-9-10-5-1-2-6-11(10)18-12/h3-4,7-9H,1-2,5-6H2,(H,15,16,17). The zero-order chi connectivity index (χ0) is 12.4. The van der Waals surface area contributed by atoms with Gasteiger partial charge in [-0.2, -0.15) is 0 Å². The number of nitrogens with zero attached hydrogens (tertiary/aromatic N) is 1. The second-order valence-electron chi connectivity index (χ2n) is 4.44. The van der Waals surface area contributed by atoms with Crippen LogP contribution in [0.2, 0.25) is 0 Å². The summed E-state index contributed by atoms with van der Waals surface area (Å²) in [4.78, 5) is 18.4. The minimum atomic E-state index is -0.0481. The first-order valence-corrected chi connectivity index (χ1v) is 6.98. The molecule has 0 bridgehead atoms. The fourth-order valence-electron chi connectivity index (χ4n) is 2.22. The van der Waals surface area contributed by atoms with Crippen molar-refractivity contribution in [2.24, 2.45) is 0 Å². The van der Waals surface area contributed by atoms with Crippen LogP contribution >= 0.6 is 11.3 Å². The van der Waals surface area contributed by atoms with Gasteiger partial charge in [0.1, 0.15) is 5.82 Å². The maximum absolute atomic E-state index is 12.1. The summed E-state index contributed by atoms with van der Waals surface area (Å²) >= 11 is 1.62. The van der Waals surface area contributed by atoms with Crippen LogP contribution in [0.4, 0.5) is 5.82 Å². The number of rotatable bonds is 2. The van der Waals surface area contributed by atoms with Crippen LogP contribution in [0.25, 0.3) is 0 Å². The van der Waals surface area contributed by atoms with Crippen LogP contribution in [0.15, 0.2) is 30.5 Å². The second-order valence-corrected chi connectivity index (χ2v) is 5.57. The van der Waals surface area contributed by atoms with Gasteiger partial charge in [0.2, 0.25) is 0 Å². The maximum Gasteiger partial charge on any atom is 0.266 e. The van der Waals surface area contributed by atoms with Crippen molar-refractivity contribution in [3.63, 3.8) is 0 Å². The summed E-state index contributed by atoms with van der Waals surface area (Å²) in [7, 11) is 0. The highest BCUT2D eigenvalue weighted by Gasteiger charge is 2.17. The number of hydrogen-bond acceptors (Lipinski definition) is 3. The molecule has 1 N–H and O–H groups in total. The van der Waals surface area contributed by atoms with Crippen molar-refractivity contribution in [1.82, 2.24) is 4.98 Å². The highest BCUT2D eigenvalue weighted by atomic mass is 32.1. The molecule has 0 spiro atoms. The van der Waals surface area contributed by atoms with E-state index in [1.807, 2.05) is 18.2 Å². The lowest BCUT2D eigenvalue weighted by Gasteiger charge is -2.08. The number of fused-ring (bicyclic) bond motifs is 1. The highest BCUT2D eigenvalue weighted by molar-refractivity contribution is 7.14. The van der Waals surface area contributed by atoms with E-state index in [4.69, 9.17) is 0 Å². The van der Waals surface area contributed by atoms with Crippen LogP contribution in [0.3, 0.4) is 0 Å². The first-order chi connectivity index (χ1) is 8.83. The Morgan fingerprint density at radius 3 is 2.94 bits per heavy atom. The predicted molar refractivity (Wildman–Crippen MR) is 73.2 cm³/mol. The molecule has 1 aliphatic carbocycles. The van der Waals surface area contributed by atoms with E-state index in [0.29, 0.717) is 5.82 Å². The number of nitrogens with one attached hydrogen (secondary N) is 1. The molecule has 3 nitrogen and oxygen atoms in total. The molecular weight excluding hydrogens is 244 g/mol. The molecule has 2 aromatic heterocycles.